The normalized spacial score (nSPS) is 21.3. The van der Waals surface area contributed by atoms with E-state index in [0.29, 0.717) is 27.5 Å². The zero-order valence-corrected chi connectivity index (χ0v) is 21.3. The number of hydrogen-bond acceptors (Lipinski definition) is 7. The predicted octanol–water partition coefficient (Wildman–Crippen LogP) is 1.70. The van der Waals surface area contributed by atoms with Gasteiger partial charge >= 0.3 is 0 Å². The highest BCUT2D eigenvalue weighted by Gasteiger charge is 2.39. The number of carbonyl (C=O) groups is 2. The second-order valence-electron chi connectivity index (χ2n) is 8.93. The summed E-state index contributed by atoms with van der Waals surface area (Å²) in [6.45, 7) is 2.89. The van der Waals surface area contributed by atoms with E-state index in [1.807, 2.05) is 0 Å². The van der Waals surface area contributed by atoms with Crippen LogP contribution >= 0.6 is 22.9 Å². The van der Waals surface area contributed by atoms with Gasteiger partial charge in [-0.2, -0.15) is 4.31 Å². The first-order valence-corrected chi connectivity index (χ1v) is 13.8. The summed E-state index contributed by atoms with van der Waals surface area (Å²) in [5.41, 5.74) is 7.02. The first-order chi connectivity index (χ1) is 16.6. The first kappa shape index (κ1) is 24.2. The van der Waals surface area contributed by atoms with E-state index >= 15 is 0 Å². The highest BCUT2D eigenvalue weighted by Crippen LogP contribution is 2.29. The van der Waals surface area contributed by atoms with Crippen molar-refractivity contribution in [2.45, 2.75) is 43.4 Å². The number of nitrogens with two attached hydrogens (primary N) is 1. The van der Waals surface area contributed by atoms with Gasteiger partial charge in [-0.1, -0.05) is 11.6 Å². The zero-order chi connectivity index (χ0) is 24.9. The molecule has 2 aliphatic rings. The van der Waals surface area contributed by atoms with Crippen LogP contribution < -0.4 is 11.1 Å². The van der Waals surface area contributed by atoms with Gasteiger partial charge in [0.25, 0.3) is 15.9 Å². The van der Waals surface area contributed by atoms with E-state index in [4.69, 9.17) is 17.3 Å². The van der Waals surface area contributed by atoms with Crippen molar-refractivity contribution >= 4 is 55.7 Å². The van der Waals surface area contributed by atoms with E-state index in [0.717, 1.165) is 17.0 Å². The minimum absolute atomic E-state index is 0.0292. The van der Waals surface area contributed by atoms with Crippen LogP contribution in [0.5, 0.6) is 0 Å². The molecule has 4 heterocycles. The van der Waals surface area contributed by atoms with Crippen molar-refractivity contribution < 1.29 is 18.0 Å². The van der Waals surface area contributed by atoms with Crippen molar-refractivity contribution in [2.75, 3.05) is 19.6 Å². The number of hydrogen-bond donors (Lipinski definition) is 3. The molecule has 0 aliphatic carbocycles. The highest BCUT2D eigenvalue weighted by atomic mass is 35.5. The van der Waals surface area contributed by atoms with Gasteiger partial charge in [-0.3, -0.25) is 9.59 Å². The number of nitrogens with zero attached hydrogens (tertiary/aromatic N) is 3. The molecule has 13 heteroatoms. The molecule has 2 aromatic heterocycles. The fourth-order valence-corrected chi connectivity index (χ4v) is 7.26. The van der Waals surface area contributed by atoms with Crippen LogP contribution in [-0.2, 0) is 27.8 Å². The summed E-state index contributed by atoms with van der Waals surface area (Å²) in [7, 11) is -3.90. The van der Waals surface area contributed by atoms with Crippen molar-refractivity contribution in [3.63, 3.8) is 0 Å². The lowest BCUT2D eigenvalue weighted by molar-refractivity contribution is -0.119. The number of carbonyl (C=O) groups excluding carboxylic acids is 2. The fraction of sp³-hybridized carbons (Fsp3) is 0.409. The topological polar surface area (TPSA) is 141 Å². The van der Waals surface area contributed by atoms with Gasteiger partial charge in [0.1, 0.15) is 5.03 Å². The number of fused-ring (bicyclic) bond motifs is 2. The van der Waals surface area contributed by atoms with Crippen molar-refractivity contribution in [2.24, 2.45) is 5.73 Å². The molecule has 5 rings (SSSR count). The molecule has 2 aliphatic heterocycles. The Morgan fingerprint density at radius 1 is 1.29 bits per heavy atom. The van der Waals surface area contributed by atoms with E-state index in [1.54, 1.807) is 18.2 Å². The number of rotatable bonds is 5. The number of halogens is 1. The Morgan fingerprint density at radius 3 is 2.86 bits per heavy atom. The van der Waals surface area contributed by atoms with Crippen LogP contribution in [0.15, 0.2) is 29.3 Å². The third-order valence-corrected chi connectivity index (χ3v) is 9.50. The summed E-state index contributed by atoms with van der Waals surface area (Å²) in [6, 6.07) is 6.20. The predicted molar refractivity (Wildman–Crippen MR) is 133 cm³/mol. The molecule has 1 saturated heterocycles. The van der Waals surface area contributed by atoms with Gasteiger partial charge in [-0.15, -0.1) is 11.3 Å². The molecule has 0 saturated carbocycles. The van der Waals surface area contributed by atoms with E-state index in [-0.39, 0.29) is 43.0 Å². The van der Waals surface area contributed by atoms with Crippen molar-refractivity contribution in [3.8, 4) is 0 Å². The lowest BCUT2D eigenvalue weighted by atomic mass is 10.1. The third-order valence-electron chi connectivity index (χ3n) is 6.39. The maximum Gasteiger partial charge on any atom is 0.283 e. The van der Waals surface area contributed by atoms with Crippen molar-refractivity contribution in [1.82, 2.24) is 24.5 Å². The van der Waals surface area contributed by atoms with Crippen LogP contribution in [0.3, 0.4) is 0 Å². The highest BCUT2D eigenvalue weighted by molar-refractivity contribution is 7.89. The third kappa shape index (κ3) is 4.68. The molecule has 35 heavy (non-hydrogen) atoms. The summed E-state index contributed by atoms with van der Waals surface area (Å²) in [5, 5.41) is 4.92. The van der Waals surface area contributed by atoms with Gasteiger partial charge in [-0.05, 0) is 31.2 Å². The standard InChI is InChI=1S/C22H25ClN6O4S2/c1-12-6-17-18(10-25-12)34-21(27-17)22(31)29-5-4-28(11-15(29)9-19(24)30)35(32,33)20-8-13-7-14(23)2-3-16(13)26-20/h2-3,7-8,12,15,25-26H,4-6,9-11H2,1H3,(H2,24,30). The molecular weight excluding hydrogens is 512 g/mol. The van der Waals surface area contributed by atoms with Crippen molar-refractivity contribution in [1.29, 1.82) is 0 Å². The van der Waals surface area contributed by atoms with Gasteiger partial charge in [0.05, 0.1) is 11.7 Å². The van der Waals surface area contributed by atoms with Gasteiger partial charge in [0, 0.05) is 65.9 Å². The minimum atomic E-state index is -3.90. The Hall–Kier alpha value is -2.51. The summed E-state index contributed by atoms with van der Waals surface area (Å²) in [5.74, 6) is -0.913. The Balaban J connectivity index is 1.39. The molecule has 2 atom stereocenters. The number of sulfonamides is 1. The fourth-order valence-electron chi connectivity index (χ4n) is 4.60. The Morgan fingerprint density at radius 2 is 2.09 bits per heavy atom. The quantitative estimate of drug-likeness (QED) is 0.453. The van der Waals surface area contributed by atoms with Crippen LogP contribution in [0, 0.1) is 0 Å². The minimum Gasteiger partial charge on any atom is -0.370 e. The number of piperazine rings is 1. The molecule has 4 N–H and O–H groups in total. The average molecular weight is 537 g/mol. The monoisotopic (exact) mass is 536 g/mol. The smallest absolute Gasteiger partial charge is 0.283 e. The second-order valence-corrected chi connectivity index (χ2v) is 12.4. The maximum absolute atomic E-state index is 13.4. The van der Waals surface area contributed by atoms with E-state index in [2.05, 4.69) is 22.2 Å². The molecule has 0 bridgehead atoms. The van der Waals surface area contributed by atoms with Crippen molar-refractivity contribution in [3.05, 3.63) is 44.9 Å². The number of primary amides is 1. The van der Waals surface area contributed by atoms with Crippen LogP contribution in [-0.4, -0.2) is 71.1 Å². The average Bonchev–Trinajstić information content (AvgIpc) is 3.42. The first-order valence-electron chi connectivity index (χ1n) is 11.2. The zero-order valence-electron chi connectivity index (χ0n) is 19.0. The van der Waals surface area contributed by atoms with Gasteiger partial charge in [0.2, 0.25) is 5.91 Å². The summed E-state index contributed by atoms with van der Waals surface area (Å²) >= 11 is 7.37. The number of aromatic amines is 1. The lowest BCUT2D eigenvalue weighted by Gasteiger charge is -2.39. The number of aromatic nitrogens is 2. The Kier molecular flexibility index (Phi) is 6.34. The maximum atomic E-state index is 13.4. The molecule has 0 spiro atoms. The summed E-state index contributed by atoms with van der Waals surface area (Å²) in [6.07, 6.45) is 0.593. The van der Waals surface area contributed by atoms with Crippen LogP contribution in [0.1, 0.15) is 33.7 Å². The molecule has 10 nitrogen and oxygen atoms in total. The molecule has 186 valence electrons. The van der Waals surface area contributed by atoms with Gasteiger partial charge in [-0.25, -0.2) is 13.4 Å². The molecule has 2 unspecified atom stereocenters. The molecule has 1 aromatic carbocycles. The molecule has 2 amide bonds. The number of amides is 2. The number of thiazole rings is 1. The second kappa shape index (κ2) is 9.17. The molecular formula is C22H25ClN6O4S2. The SMILES string of the molecule is CC1Cc2nc(C(=O)N3CCN(S(=O)(=O)c4cc5cc(Cl)ccc5[nH]4)CC3CC(N)=O)sc2CN1. The molecule has 1 fully saturated rings. The Bertz CT molecular complexity index is 1420. The van der Waals surface area contributed by atoms with Crippen LogP contribution in [0.2, 0.25) is 5.02 Å². The van der Waals surface area contributed by atoms with Gasteiger partial charge in [0.15, 0.2) is 5.01 Å². The van der Waals surface area contributed by atoms with Gasteiger partial charge < -0.3 is 20.9 Å². The molecule has 0 radical (unpaired) electrons. The summed E-state index contributed by atoms with van der Waals surface area (Å²) < 4.78 is 28.1. The van der Waals surface area contributed by atoms with E-state index in [9.17, 15) is 18.0 Å². The number of nitrogens with one attached hydrogen (secondary N) is 2. The Labute approximate surface area is 211 Å². The molecule has 3 aromatic rings. The largest absolute Gasteiger partial charge is 0.370 e. The van der Waals surface area contributed by atoms with E-state index < -0.39 is 22.0 Å². The number of H-pyrrole nitrogens is 1. The van der Waals surface area contributed by atoms with Crippen LogP contribution in [0.4, 0.5) is 0 Å². The van der Waals surface area contributed by atoms with Crippen LogP contribution in [0.25, 0.3) is 10.9 Å². The van der Waals surface area contributed by atoms with E-state index in [1.165, 1.54) is 26.6 Å². The number of benzene rings is 1. The summed E-state index contributed by atoms with van der Waals surface area (Å²) in [4.78, 5) is 35.2. The lowest BCUT2D eigenvalue weighted by Crippen LogP contribution is -2.57.